The van der Waals surface area contributed by atoms with Gasteiger partial charge in [-0.1, -0.05) is 54.6 Å². The lowest BCUT2D eigenvalue weighted by atomic mass is 10.0. The highest BCUT2D eigenvalue weighted by molar-refractivity contribution is 5.95. The molecular weight excluding hydrogens is 296 g/mol. The lowest BCUT2D eigenvalue weighted by Gasteiger charge is -2.08. The van der Waals surface area contributed by atoms with Crippen LogP contribution in [0.1, 0.15) is 21.5 Å². The molecule has 0 aliphatic carbocycles. The number of hydrogen-bond donors (Lipinski definition) is 1. The molecule has 0 aromatic heterocycles. The number of carbonyl (C=O) groups excluding carboxylic acids is 1. The molecular formula is C21H16N2O. The molecule has 0 bridgehead atoms. The van der Waals surface area contributed by atoms with Crippen molar-refractivity contribution in [3.63, 3.8) is 0 Å². The molecule has 0 saturated carbocycles. The molecule has 1 N–H and O–H groups in total. The van der Waals surface area contributed by atoms with Crippen LogP contribution in [0, 0.1) is 11.3 Å². The van der Waals surface area contributed by atoms with Gasteiger partial charge in [0.05, 0.1) is 11.6 Å². The van der Waals surface area contributed by atoms with E-state index in [-0.39, 0.29) is 5.91 Å². The van der Waals surface area contributed by atoms with Crippen LogP contribution in [0.15, 0.2) is 78.9 Å². The molecule has 3 rings (SSSR count). The quantitative estimate of drug-likeness (QED) is 0.786. The summed E-state index contributed by atoms with van der Waals surface area (Å²) < 4.78 is 0. The first kappa shape index (κ1) is 15.5. The third-order valence-electron chi connectivity index (χ3n) is 3.77. The van der Waals surface area contributed by atoms with Crippen LogP contribution < -0.4 is 5.32 Å². The molecule has 0 saturated heterocycles. The van der Waals surface area contributed by atoms with E-state index in [1.807, 2.05) is 60.7 Å². The fourth-order valence-electron chi connectivity index (χ4n) is 2.45. The van der Waals surface area contributed by atoms with Gasteiger partial charge in [0.2, 0.25) is 0 Å². The Morgan fingerprint density at radius 2 is 1.58 bits per heavy atom. The van der Waals surface area contributed by atoms with E-state index in [4.69, 9.17) is 5.26 Å². The van der Waals surface area contributed by atoms with Gasteiger partial charge < -0.3 is 5.32 Å². The van der Waals surface area contributed by atoms with Crippen molar-refractivity contribution in [3.05, 3.63) is 95.6 Å². The molecule has 0 atom stereocenters. The van der Waals surface area contributed by atoms with Gasteiger partial charge in [-0.15, -0.1) is 0 Å². The largest absolute Gasteiger partial charge is 0.348 e. The highest BCUT2D eigenvalue weighted by Crippen LogP contribution is 2.20. The van der Waals surface area contributed by atoms with Crippen molar-refractivity contribution >= 4 is 5.91 Å². The number of nitriles is 1. The fourth-order valence-corrected chi connectivity index (χ4v) is 2.45. The van der Waals surface area contributed by atoms with Crippen LogP contribution in [-0.2, 0) is 6.54 Å². The van der Waals surface area contributed by atoms with Gasteiger partial charge >= 0.3 is 0 Å². The van der Waals surface area contributed by atoms with E-state index in [9.17, 15) is 4.79 Å². The van der Waals surface area contributed by atoms with Crippen molar-refractivity contribution in [2.75, 3.05) is 0 Å². The van der Waals surface area contributed by atoms with E-state index in [1.54, 1.807) is 18.2 Å². The Kier molecular flexibility index (Phi) is 4.69. The van der Waals surface area contributed by atoms with E-state index >= 15 is 0 Å². The van der Waals surface area contributed by atoms with E-state index in [1.165, 1.54) is 0 Å². The summed E-state index contributed by atoms with van der Waals surface area (Å²) in [7, 11) is 0. The molecule has 0 aliphatic heterocycles. The van der Waals surface area contributed by atoms with Gasteiger partial charge in [0, 0.05) is 12.1 Å². The van der Waals surface area contributed by atoms with Gasteiger partial charge in [-0.25, -0.2) is 0 Å². The molecule has 0 heterocycles. The van der Waals surface area contributed by atoms with Gasteiger partial charge in [-0.2, -0.15) is 5.26 Å². The Hall–Kier alpha value is -3.38. The van der Waals surface area contributed by atoms with Gasteiger partial charge in [-0.05, 0) is 41.0 Å². The second kappa shape index (κ2) is 7.26. The second-order valence-electron chi connectivity index (χ2n) is 5.44. The summed E-state index contributed by atoms with van der Waals surface area (Å²) in [6.45, 7) is 0.431. The number of hydrogen-bond acceptors (Lipinski definition) is 2. The SMILES string of the molecule is N#Cc1ccc(CNC(=O)c2cccc(-c3ccccc3)c2)cc1. The molecule has 0 fully saturated rings. The van der Waals surface area contributed by atoms with Crippen molar-refractivity contribution in [2.24, 2.45) is 0 Å². The average Bonchev–Trinajstić information content (AvgIpc) is 2.67. The maximum atomic E-state index is 12.4. The molecule has 116 valence electrons. The normalized spacial score (nSPS) is 9.96. The predicted octanol–water partition coefficient (Wildman–Crippen LogP) is 4.16. The lowest BCUT2D eigenvalue weighted by molar-refractivity contribution is 0.0951. The third-order valence-corrected chi connectivity index (χ3v) is 3.77. The van der Waals surface area contributed by atoms with Gasteiger partial charge in [0.15, 0.2) is 0 Å². The zero-order valence-electron chi connectivity index (χ0n) is 13.1. The number of nitrogens with zero attached hydrogens (tertiary/aromatic N) is 1. The van der Waals surface area contributed by atoms with E-state index in [0.29, 0.717) is 17.7 Å². The van der Waals surface area contributed by atoms with Crippen molar-refractivity contribution in [2.45, 2.75) is 6.54 Å². The Balaban J connectivity index is 1.70. The number of carbonyl (C=O) groups is 1. The van der Waals surface area contributed by atoms with Crippen LogP contribution in [0.2, 0.25) is 0 Å². The minimum Gasteiger partial charge on any atom is -0.348 e. The summed E-state index contributed by atoms with van der Waals surface area (Å²) >= 11 is 0. The number of amides is 1. The monoisotopic (exact) mass is 312 g/mol. The van der Waals surface area contributed by atoms with Crippen LogP contribution in [0.4, 0.5) is 0 Å². The Morgan fingerprint density at radius 3 is 2.29 bits per heavy atom. The molecule has 3 heteroatoms. The number of benzene rings is 3. The summed E-state index contributed by atoms with van der Waals surface area (Å²) in [5.74, 6) is -0.114. The summed E-state index contributed by atoms with van der Waals surface area (Å²) in [4.78, 5) is 12.4. The summed E-state index contributed by atoms with van der Waals surface area (Å²) in [6.07, 6.45) is 0. The number of rotatable bonds is 4. The molecule has 0 unspecified atom stereocenters. The number of nitrogens with one attached hydrogen (secondary N) is 1. The minimum atomic E-state index is -0.114. The molecule has 24 heavy (non-hydrogen) atoms. The second-order valence-corrected chi connectivity index (χ2v) is 5.44. The van der Waals surface area contributed by atoms with Crippen molar-refractivity contribution in [1.29, 1.82) is 5.26 Å². The van der Waals surface area contributed by atoms with Crippen molar-refractivity contribution < 1.29 is 4.79 Å². The topological polar surface area (TPSA) is 52.9 Å². The van der Waals surface area contributed by atoms with Crippen LogP contribution >= 0.6 is 0 Å². The fraction of sp³-hybridized carbons (Fsp3) is 0.0476. The Bertz CT molecular complexity index is 878. The first-order valence-electron chi connectivity index (χ1n) is 7.69. The predicted molar refractivity (Wildman–Crippen MR) is 94.2 cm³/mol. The molecule has 1 amide bonds. The lowest BCUT2D eigenvalue weighted by Crippen LogP contribution is -2.22. The molecule has 3 aromatic carbocycles. The maximum Gasteiger partial charge on any atom is 0.251 e. The van der Waals surface area contributed by atoms with Crippen LogP contribution in [-0.4, -0.2) is 5.91 Å². The van der Waals surface area contributed by atoms with Crippen LogP contribution in [0.5, 0.6) is 0 Å². The summed E-state index contributed by atoms with van der Waals surface area (Å²) in [5.41, 5.74) is 4.30. The van der Waals surface area contributed by atoms with E-state index in [2.05, 4.69) is 11.4 Å². The maximum absolute atomic E-state index is 12.4. The first-order chi connectivity index (χ1) is 11.8. The highest BCUT2D eigenvalue weighted by Gasteiger charge is 2.07. The zero-order chi connectivity index (χ0) is 16.8. The van der Waals surface area contributed by atoms with Gasteiger partial charge in [-0.3, -0.25) is 4.79 Å². The zero-order valence-corrected chi connectivity index (χ0v) is 13.1. The van der Waals surface area contributed by atoms with E-state index in [0.717, 1.165) is 16.7 Å². The Morgan fingerprint density at radius 1 is 0.875 bits per heavy atom. The van der Waals surface area contributed by atoms with E-state index < -0.39 is 0 Å². The molecule has 0 spiro atoms. The van der Waals surface area contributed by atoms with Crippen LogP contribution in [0.25, 0.3) is 11.1 Å². The van der Waals surface area contributed by atoms with Crippen molar-refractivity contribution in [1.82, 2.24) is 5.32 Å². The smallest absolute Gasteiger partial charge is 0.251 e. The van der Waals surface area contributed by atoms with Crippen molar-refractivity contribution in [3.8, 4) is 17.2 Å². The highest BCUT2D eigenvalue weighted by atomic mass is 16.1. The first-order valence-corrected chi connectivity index (χ1v) is 7.69. The molecule has 0 aliphatic rings. The standard InChI is InChI=1S/C21H16N2O/c22-14-16-9-11-17(12-10-16)15-23-21(24)20-8-4-7-19(13-20)18-5-2-1-3-6-18/h1-13H,15H2,(H,23,24). The Labute approximate surface area is 141 Å². The van der Waals surface area contributed by atoms with Gasteiger partial charge in [0.1, 0.15) is 0 Å². The van der Waals surface area contributed by atoms with Gasteiger partial charge in [0.25, 0.3) is 5.91 Å². The van der Waals surface area contributed by atoms with Crippen LogP contribution in [0.3, 0.4) is 0 Å². The molecule has 3 aromatic rings. The summed E-state index contributed by atoms with van der Waals surface area (Å²) in [5, 5.41) is 11.7. The third kappa shape index (κ3) is 3.68. The minimum absolute atomic E-state index is 0.114. The average molecular weight is 312 g/mol. The summed E-state index contributed by atoms with van der Waals surface area (Å²) in [6, 6.07) is 26.8. The molecule has 3 nitrogen and oxygen atoms in total. The molecule has 0 radical (unpaired) electrons.